The molecule has 0 amide bonds. The minimum atomic E-state index is 0.423. The Balaban J connectivity index is 1.87. The zero-order valence-electron chi connectivity index (χ0n) is 11.5. The normalized spacial score (nSPS) is 11.8. The van der Waals surface area contributed by atoms with E-state index in [-0.39, 0.29) is 0 Å². The molecule has 0 radical (unpaired) electrons. The molecular weight excluding hydrogens is 286 g/mol. The molecule has 2 aromatic carbocycles. The fourth-order valence-electron chi connectivity index (χ4n) is 2.01. The van der Waals surface area contributed by atoms with Crippen LogP contribution >= 0.6 is 11.6 Å². The molecule has 3 aromatic rings. The standard InChI is InChI=1S/C17H14ClNO2/c1-2-20-13-9-7-12(8-10-13)11-14(18)17-19-15-5-3-4-6-16(15)21-17/h3-11H,2H2,1H3/b14-11-. The molecule has 0 N–H and O–H groups in total. The predicted octanol–water partition coefficient (Wildman–Crippen LogP) is 4.96. The number of halogens is 1. The van der Waals surface area contributed by atoms with E-state index in [2.05, 4.69) is 4.98 Å². The van der Waals surface area contributed by atoms with E-state index in [1.165, 1.54) is 0 Å². The Morgan fingerprint density at radius 1 is 1.19 bits per heavy atom. The highest BCUT2D eigenvalue weighted by Crippen LogP contribution is 2.26. The highest BCUT2D eigenvalue weighted by Gasteiger charge is 2.08. The average Bonchev–Trinajstić information content (AvgIpc) is 2.94. The zero-order chi connectivity index (χ0) is 14.7. The lowest BCUT2D eigenvalue weighted by molar-refractivity contribution is 0.340. The van der Waals surface area contributed by atoms with Gasteiger partial charge in [0.15, 0.2) is 5.58 Å². The summed E-state index contributed by atoms with van der Waals surface area (Å²) in [4.78, 5) is 4.36. The number of benzene rings is 2. The number of aromatic nitrogens is 1. The van der Waals surface area contributed by atoms with E-state index in [0.717, 1.165) is 22.4 Å². The molecule has 0 atom stereocenters. The summed E-state index contributed by atoms with van der Waals surface area (Å²) in [5.74, 6) is 1.26. The molecule has 0 saturated heterocycles. The van der Waals surface area contributed by atoms with E-state index in [1.807, 2.05) is 61.5 Å². The average molecular weight is 300 g/mol. The molecular formula is C17H14ClNO2. The maximum absolute atomic E-state index is 6.29. The molecule has 0 saturated carbocycles. The number of hydrogen-bond acceptors (Lipinski definition) is 3. The van der Waals surface area contributed by atoms with Crippen molar-refractivity contribution in [3.63, 3.8) is 0 Å². The molecule has 3 nitrogen and oxygen atoms in total. The van der Waals surface area contributed by atoms with Crippen LogP contribution in [-0.4, -0.2) is 11.6 Å². The minimum Gasteiger partial charge on any atom is -0.494 e. The number of hydrogen-bond donors (Lipinski definition) is 0. The van der Waals surface area contributed by atoms with Crippen LogP contribution in [0.25, 0.3) is 22.2 Å². The molecule has 0 fully saturated rings. The topological polar surface area (TPSA) is 35.3 Å². The summed E-state index contributed by atoms with van der Waals surface area (Å²) in [6.45, 7) is 2.61. The second-order valence-corrected chi connectivity index (χ2v) is 4.89. The lowest BCUT2D eigenvalue weighted by Crippen LogP contribution is -1.90. The van der Waals surface area contributed by atoms with Gasteiger partial charge in [-0.2, -0.15) is 0 Å². The third-order valence-corrected chi connectivity index (χ3v) is 3.25. The van der Waals surface area contributed by atoms with E-state index in [9.17, 15) is 0 Å². The van der Waals surface area contributed by atoms with Crippen molar-refractivity contribution in [1.82, 2.24) is 4.98 Å². The second-order valence-electron chi connectivity index (χ2n) is 4.48. The fourth-order valence-corrected chi connectivity index (χ4v) is 2.22. The van der Waals surface area contributed by atoms with Crippen LogP contribution in [0.1, 0.15) is 18.4 Å². The summed E-state index contributed by atoms with van der Waals surface area (Å²) in [5.41, 5.74) is 2.49. The molecule has 3 rings (SSSR count). The van der Waals surface area contributed by atoms with Gasteiger partial charge in [-0.1, -0.05) is 35.9 Å². The van der Waals surface area contributed by atoms with Crippen LogP contribution in [0.4, 0.5) is 0 Å². The molecule has 21 heavy (non-hydrogen) atoms. The Morgan fingerprint density at radius 2 is 1.95 bits per heavy atom. The Bertz CT molecular complexity index is 742. The molecule has 0 spiro atoms. The third kappa shape index (κ3) is 3.09. The number of oxazole rings is 1. The van der Waals surface area contributed by atoms with Crippen LogP contribution in [0.2, 0.25) is 0 Å². The van der Waals surface area contributed by atoms with Gasteiger partial charge in [0.25, 0.3) is 0 Å². The lowest BCUT2D eigenvalue weighted by atomic mass is 10.2. The van der Waals surface area contributed by atoms with Crippen molar-refractivity contribution in [2.75, 3.05) is 6.61 Å². The van der Waals surface area contributed by atoms with Gasteiger partial charge in [-0.15, -0.1) is 0 Å². The van der Waals surface area contributed by atoms with Gasteiger partial charge >= 0.3 is 0 Å². The first-order valence-electron chi connectivity index (χ1n) is 6.72. The Kier molecular flexibility index (Phi) is 3.93. The lowest BCUT2D eigenvalue weighted by Gasteiger charge is -2.02. The van der Waals surface area contributed by atoms with E-state index < -0.39 is 0 Å². The van der Waals surface area contributed by atoms with Gasteiger partial charge in [0.2, 0.25) is 5.89 Å². The van der Waals surface area contributed by atoms with Gasteiger partial charge in [0.1, 0.15) is 16.3 Å². The molecule has 1 heterocycles. The monoisotopic (exact) mass is 299 g/mol. The van der Waals surface area contributed by atoms with Gasteiger partial charge in [-0.05, 0) is 42.8 Å². The highest BCUT2D eigenvalue weighted by atomic mass is 35.5. The summed E-state index contributed by atoms with van der Waals surface area (Å²) < 4.78 is 11.0. The maximum atomic E-state index is 6.29. The quantitative estimate of drug-likeness (QED) is 0.682. The first kappa shape index (κ1) is 13.7. The Labute approximate surface area is 127 Å². The number of nitrogens with zero attached hydrogens (tertiary/aromatic N) is 1. The van der Waals surface area contributed by atoms with Crippen LogP contribution in [0.5, 0.6) is 5.75 Å². The molecule has 4 heteroatoms. The van der Waals surface area contributed by atoms with Crippen molar-refractivity contribution < 1.29 is 9.15 Å². The van der Waals surface area contributed by atoms with Crippen molar-refractivity contribution in [3.8, 4) is 5.75 Å². The zero-order valence-corrected chi connectivity index (χ0v) is 12.3. The number of rotatable bonds is 4. The molecule has 106 valence electrons. The summed E-state index contributed by atoms with van der Waals surface area (Å²) >= 11 is 6.29. The van der Waals surface area contributed by atoms with Crippen LogP contribution in [0.3, 0.4) is 0 Å². The second kappa shape index (κ2) is 6.02. The van der Waals surface area contributed by atoms with Gasteiger partial charge in [-0.25, -0.2) is 4.98 Å². The van der Waals surface area contributed by atoms with Gasteiger partial charge in [0, 0.05) is 0 Å². The van der Waals surface area contributed by atoms with Crippen molar-refractivity contribution in [2.24, 2.45) is 0 Å². The summed E-state index contributed by atoms with van der Waals surface area (Å²) in [6.07, 6.45) is 1.82. The van der Waals surface area contributed by atoms with Crippen LogP contribution in [0.15, 0.2) is 52.9 Å². The van der Waals surface area contributed by atoms with Crippen molar-refractivity contribution >= 4 is 33.8 Å². The van der Waals surface area contributed by atoms with E-state index in [1.54, 1.807) is 0 Å². The maximum Gasteiger partial charge on any atom is 0.238 e. The van der Waals surface area contributed by atoms with E-state index in [4.69, 9.17) is 20.8 Å². The number of para-hydroxylation sites is 2. The summed E-state index contributed by atoms with van der Waals surface area (Å²) in [6, 6.07) is 15.3. The summed E-state index contributed by atoms with van der Waals surface area (Å²) in [5, 5.41) is 0.468. The molecule has 1 aromatic heterocycles. The first-order valence-corrected chi connectivity index (χ1v) is 7.10. The SMILES string of the molecule is CCOc1ccc(/C=C(\Cl)c2nc3ccccc3o2)cc1. The third-order valence-electron chi connectivity index (χ3n) is 2.98. The molecule has 0 aliphatic rings. The van der Waals surface area contributed by atoms with Gasteiger partial charge in [-0.3, -0.25) is 0 Å². The molecule has 0 bridgehead atoms. The summed E-state index contributed by atoms with van der Waals surface area (Å²) in [7, 11) is 0. The van der Waals surface area contributed by atoms with Crippen LogP contribution in [-0.2, 0) is 0 Å². The van der Waals surface area contributed by atoms with E-state index in [0.29, 0.717) is 17.5 Å². The number of ether oxygens (including phenoxy) is 1. The van der Waals surface area contributed by atoms with Gasteiger partial charge < -0.3 is 9.15 Å². The fraction of sp³-hybridized carbons (Fsp3) is 0.118. The highest BCUT2D eigenvalue weighted by molar-refractivity contribution is 6.50. The van der Waals surface area contributed by atoms with Crippen LogP contribution in [0, 0.1) is 0 Å². The number of fused-ring (bicyclic) bond motifs is 1. The van der Waals surface area contributed by atoms with E-state index >= 15 is 0 Å². The largest absolute Gasteiger partial charge is 0.494 e. The Morgan fingerprint density at radius 3 is 2.67 bits per heavy atom. The Hall–Kier alpha value is -2.26. The van der Waals surface area contributed by atoms with Gasteiger partial charge in [0.05, 0.1) is 6.61 Å². The van der Waals surface area contributed by atoms with Crippen molar-refractivity contribution in [3.05, 3.63) is 60.0 Å². The first-order chi connectivity index (χ1) is 10.3. The molecule has 0 unspecified atom stereocenters. The van der Waals surface area contributed by atoms with Crippen molar-refractivity contribution in [2.45, 2.75) is 6.92 Å². The smallest absolute Gasteiger partial charge is 0.238 e. The molecule has 0 aliphatic heterocycles. The minimum absolute atomic E-state index is 0.423. The molecule has 0 aliphatic carbocycles. The van der Waals surface area contributed by atoms with Crippen LogP contribution < -0.4 is 4.74 Å². The predicted molar refractivity (Wildman–Crippen MR) is 85.3 cm³/mol. The van der Waals surface area contributed by atoms with Crippen molar-refractivity contribution in [1.29, 1.82) is 0 Å².